The number of aromatic carboxylic acids is 1. The highest BCUT2D eigenvalue weighted by atomic mass is 16.5. The van der Waals surface area contributed by atoms with Crippen LogP contribution in [0.25, 0.3) is 0 Å². The number of ether oxygens (including phenoxy) is 1. The summed E-state index contributed by atoms with van der Waals surface area (Å²) in [6, 6.07) is 0. The highest BCUT2D eigenvalue weighted by molar-refractivity contribution is 5.82. The Hall–Kier alpha value is -1.36. The van der Waals surface area contributed by atoms with Gasteiger partial charge < -0.3 is 14.3 Å². The maximum absolute atomic E-state index is 10.4. The zero-order valence-corrected chi connectivity index (χ0v) is 6.24. The van der Waals surface area contributed by atoms with Crippen molar-refractivity contribution in [1.29, 1.82) is 0 Å². The van der Waals surface area contributed by atoms with Crippen molar-refractivity contribution in [2.75, 3.05) is 6.61 Å². The Morgan fingerprint density at radius 1 is 1.58 bits per heavy atom. The third-order valence-corrected chi connectivity index (χ3v) is 1.67. The molecule has 1 aromatic rings. The molecule has 1 aliphatic heterocycles. The number of hydrogen-bond donors (Lipinski definition) is 1. The van der Waals surface area contributed by atoms with Crippen LogP contribution in [0.5, 0.6) is 0 Å². The lowest BCUT2D eigenvalue weighted by Crippen LogP contribution is -2.07. The molecule has 0 spiro atoms. The summed E-state index contributed by atoms with van der Waals surface area (Å²) in [5.74, 6) is -0.742. The van der Waals surface area contributed by atoms with Crippen LogP contribution < -0.4 is 0 Å². The van der Waals surface area contributed by atoms with Crippen LogP contribution in [0.3, 0.4) is 0 Å². The first-order valence-electron chi connectivity index (χ1n) is 3.57. The second-order valence-corrected chi connectivity index (χ2v) is 2.50. The Morgan fingerprint density at radius 3 is 3.08 bits per heavy atom. The van der Waals surface area contributed by atoms with Crippen LogP contribution in [-0.2, 0) is 17.8 Å². The van der Waals surface area contributed by atoms with E-state index >= 15 is 0 Å². The number of carboxylic acids is 1. The number of carboxylic acid groups (broad SMARTS) is 1. The van der Waals surface area contributed by atoms with E-state index in [2.05, 4.69) is 4.98 Å². The molecule has 1 aliphatic rings. The van der Waals surface area contributed by atoms with Crippen molar-refractivity contribution in [2.24, 2.45) is 0 Å². The molecule has 0 saturated carbocycles. The van der Waals surface area contributed by atoms with E-state index < -0.39 is 5.97 Å². The van der Waals surface area contributed by atoms with Crippen molar-refractivity contribution in [2.45, 2.75) is 13.0 Å². The molecule has 2 rings (SSSR count). The molecule has 2 heterocycles. The Bertz CT molecular complexity index is 294. The molecular weight excluding hydrogens is 162 g/mol. The van der Waals surface area contributed by atoms with Gasteiger partial charge in [-0.3, -0.25) is 0 Å². The number of oxazole rings is 1. The van der Waals surface area contributed by atoms with E-state index in [4.69, 9.17) is 14.3 Å². The van der Waals surface area contributed by atoms with Gasteiger partial charge in [-0.05, 0) is 0 Å². The van der Waals surface area contributed by atoms with Crippen LogP contribution in [0.15, 0.2) is 4.42 Å². The monoisotopic (exact) mass is 169 g/mol. The molecule has 0 atom stereocenters. The van der Waals surface area contributed by atoms with E-state index in [0.29, 0.717) is 31.1 Å². The number of rotatable bonds is 1. The van der Waals surface area contributed by atoms with E-state index in [-0.39, 0.29) is 5.89 Å². The van der Waals surface area contributed by atoms with Crippen LogP contribution in [0, 0.1) is 0 Å². The summed E-state index contributed by atoms with van der Waals surface area (Å²) in [7, 11) is 0. The van der Waals surface area contributed by atoms with E-state index in [1.165, 1.54) is 0 Å². The van der Waals surface area contributed by atoms with E-state index in [1.807, 2.05) is 0 Å². The fourth-order valence-electron chi connectivity index (χ4n) is 1.12. The third kappa shape index (κ3) is 1.08. The van der Waals surface area contributed by atoms with Crippen molar-refractivity contribution < 1.29 is 19.1 Å². The summed E-state index contributed by atoms with van der Waals surface area (Å²) >= 11 is 0. The third-order valence-electron chi connectivity index (χ3n) is 1.67. The summed E-state index contributed by atoms with van der Waals surface area (Å²) in [4.78, 5) is 14.2. The van der Waals surface area contributed by atoms with E-state index in [1.54, 1.807) is 0 Å². The van der Waals surface area contributed by atoms with Gasteiger partial charge in [0.15, 0.2) is 0 Å². The molecule has 0 aliphatic carbocycles. The van der Waals surface area contributed by atoms with Gasteiger partial charge in [-0.15, -0.1) is 0 Å². The number of fused-ring (bicyclic) bond motifs is 1. The first kappa shape index (κ1) is 7.30. The molecule has 0 bridgehead atoms. The zero-order valence-electron chi connectivity index (χ0n) is 6.24. The van der Waals surface area contributed by atoms with E-state index in [9.17, 15) is 4.79 Å². The van der Waals surface area contributed by atoms with Gasteiger partial charge in [0.05, 0.1) is 13.2 Å². The molecule has 0 fully saturated rings. The molecule has 0 aromatic carbocycles. The quantitative estimate of drug-likeness (QED) is 0.660. The molecule has 0 amide bonds. The topological polar surface area (TPSA) is 72.6 Å². The van der Waals surface area contributed by atoms with Crippen LogP contribution in [0.1, 0.15) is 22.1 Å². The lowest BCUT2D eigenvalue weighted by molar-refractivity contribution is 0.0649. The van der Waals surface area contributed by atoms with Gasteiger partial charge >= 0.3 is 11.9 Å². The van der Waals surface area contributed by atoms with Crippen molar-refractivity contribution in [3.63, 3.8) is 0 Å². The van der Waals surface area contributed by atoms with E-state index in [0.717, 1.165) is 0 Å². The van der Waals surface area contributed by atoms with Gasteiger partial charge in [0, 0.05) is 6.42 Å². The van der Waals surface area contributed by atoms with Crippen molar-refractivity contribution in [3.8, 4) is 0 Å². The number of carbonyl (C=O) groups is 1. The van der Waals surface area contributed by atoms with Gasteiger partial charge in [0.1, 0.15) is 11.5 Å². The van der Waals surface area contributed by atoms with Crippen LogP contribution in [-0.4, -0.2) is 22.7 Å². The van der Waals surface area contributed by atoms with Crippen molar-refractivity contribution in [3.05, 3.63) is 17.3 Å². The lowest BCUT2D eigenvalue weighted by atomic mass is 10.2. The van der Waals surface area contributed by atoms with Gasteiger partial charge in [-0.1, -0.05) is 0 Å². The average Bonchev–Trinajstić information content (AvgIpc) is 2.46. The maximum atomic E-state index is 10.4. The smallest absolute Gasteiger partial charge is 0.392 e. The number of hydrogen-bond acceptors (Lipinski definition) is 4. The summed E-state index contributed by atoms with van der Waals surface area (Å²) in [5.41, 5.74) is 0.610. The summed E-state index contributed by atoms with van der Waals surface area (Å²) in [6.07, 6.45) is 0.607. The summed E-state index contributed by atoms with van der Waals surface area (Å²) < 4.78 is 10.1. The fourth-order valence-corrected chi connectivity index (χ4v) is 1.12. The minimum absolute atomic E-state index is 0.245. The summed E-state index contributed by atoms with van der Waals surface area (Å²) in [5, 5.41) is 8.54. The van der Waals surface area contributed by atoms with Crippen molar-refractivity contribution >= 4 is 5.97 Å². The normalized spacial score (nSPS) is 15.7. The Morgan fingerprint density at radius 2 is 2.42 bits per heavy atom. The number of aromatic nitrogens is 1. The molecule has 1 N–H and O–H groups in total. The van der Waals surface area contributed by atoms with Crippen LogP contribution >= 0.6 is 0 Å². The number of nitrogens with zero attached hydrogens (tertiary/aromatic N) is 1. The molecule has 0 saturated heterocycles. The molecule has 1 aromatic heterocycles. The van der Waals surface area contributed by atoms with Gasteiger partial charge in [-0.25, -0.2) is 9.78 Å². The highest BCUT2D eigenvalue weighted by Gasteiger charge is 2.20. The van der Waals surface area contributed by atoms with Gasteiger partial charge in [-0.2, -0.15) is 0 Å². The molecule has 0 unspecified atom stereocenters. The average molecular weight is 169 g/mol. The largest absolute Gasteiger partial charge is 0.474 e. The van der Waals surface area contributed by atoms with Crippen LogP contribution in [0.4, 0.5) is 0 Å². The molecule has 64 valence electrons. The zero-order chi connectivity index (χ0) is 8.55. The van der Waals surface area contributed by atoms with Gasteiger partial charge in [0.25, 0.3) is 0 Å². The summed E-state index contributed by atoms with van der Waals surface area (Å²) in [6.45, 7) is 0.924. The SMILES string of the molecule is O=C(O)c1nc2c(o1)CCOC2. The fraction of sp³-hybridized carbons (Fsp3) is 0.429. The molecule has 0 radical (unpaired) electrons. The molecule has 5 heteroatoms. The first-order valence-corrected chi connectivity index (χ1v) is 3.57. The Kier molecular flexibility index (Phi) is 1.58. The predicted octanol–water partition coefficient (Wildman–Crippen LogP) is 0.445. The minimum Gasteiger partial charge on any atom is -0.474 e. The van der Waals surface area contributed by atoms with Crippen molar-refractivity contribution in [1.82, 2.24) is 4.98 Å². The highest BCUT2D eigenvalue weighted by Crippen LogP contribution is 2.17. The molecule has 12 heavy (non-hydrogen) atoms. The Labute approximate surface area is 68.0 Å². The van der Waals surface area contributed by atoms with Gasteiger partial charge in [0.2, 0.25) is 0 Å². The maximum Gasteiger partial charge on any atom is 0.392 e. The molecular formula is C7H7NO4. The first-order chi connectivity index (χ1) is 5.77. The minimum atomic E-state index is -1.13. The lowest BCUT2D eigenvalue weighted by Gasteiger charge is -2.07. The second-order valence-electron chi connectivity index (χ2n) is 2.50. The standard InChI is InChI=1S/C7H7NO4/c9-7(10)6-8-4-3-11-2-1-5(4)12-6/h1-3H2,(H,9,10). The predicted molar refractivity (Wildman–Crippen MR) is 36.8 cm³/mol. The molecule has 5 nitrogen and oxygen atoms in total. The van der Waals surface area contributed by atoms with Crippen LogP contribution in [0.2, 0.25) is 0 Å². The Balaban J connectivity index is 2.38. The second kappa shape index (κ2) is 2.60.